The van der Waals surface area contributed by atoms with Gasteiger partial charge < -0.3 is 5.32 Å². The monoisotopic (exact) mass is 346 g/mol. The molecular weight excluding hydrogens is 324 g/mol. The Kier molecular flexibility index (Phi) is 4.86. The fraction of sp³-hybridized carbons (Fsp3) is 0.136. The molecule has 3 heteroatoms. The summed E-state index contributed by atoms with van der Waals surface area (Å²) in [5.74, 6) is 0. The first-order chi connectivity index (χ1) is 12.0. The molecule has 0 unspecified atom stereocenters. The maximum Gasteiger partial charge on any atom is 0.119 e. The molecule has 1 heterocycles. The van der Waals surface area contributed by atoms with Crippen LogP contribution < -0.4 is 5.32 Å². The molecule has 0 spiro atoms. The number of rotatable bonds is 5. The zero-order valence-corrected chi connectivity index (χ0v) is 15.7. The number of hydrogen-bond donors (Lipinski definition) is 1. The van der Waals surface area contributed by atoms with E-state index >= 15 is 0 Å². The van der Waals surface area contributed by atoms with Crippen LogP contribution in [0.5, 0.6) is 0 Å². The van der Waals surface area contributed by atoms with Crippen LogP contribution in [0.3, 0.4) is 0 Å². The van der Waals surface area contributed by atoms with Crippen molar-refractivity contribution < 1.29 is 0 Å². The second-order valence-corrected chi connectivity index (χ2v) is 7.19. The Labute approximate surface area is 153 Å². The summed E-state index contributed by atoms with van der Waals surface area (Å²) in [7, 11) is 0. The van der Waals surface area contributed by atoms with Gasteiger partial charge >= 0.3 is 0 Å². The average molecular weight is 346 g/mol. The molecule has 126 valence electrons. The van der Waals surface area contributed by atoms with E-state index in [0.717, 1.165) is 33.0 Å². The molecule has 1 N–H and O–H groups in total. The molecule has 0 amide bonds. The topological polar surface area (TPSA) is 24.9 Å². The van der Waals surface area contributed by atoms with E-state index in [1.165, 1.54) is 15.8 Å². The molecule has 3 aromatic rings. The maximum absolute atomic E-state index is 4.64. The van der Waals surface area contributed by atoms with Gasteiger partial charge in [0, 0.05) is 16.9 Å². The van der Waals surface area contributed by atoms with Crippen molar-refractivity contribution in [3.8, 4) is 0 Å². The van der Waals surface area contributed by atoms with Gasteiger partial charge in [-0.2, -0.15) is 0 Å². The lowest BCUT2D eigenvalue weighted by atomic mass is 10.0. The van der Waals surface area contributed by atoms with Crippen LogP contribution in [0.4, 0.5) is 5.69 Å². The molecule has 3 rings (SSSR count). The smallest absolute Gasteiger partial charge is 0.119 e. The van der Waals surface area contributed by atoms with E-state index in [-0.39, 0.29) is 0 Å². The number of hydrogen-bond acceptors (Lipinski definition) is 3. The van der Waals surface area contributed by atoms with Crippen molar-refractivity contribution in [2.45, 2.75) is 20.8 Å². The summed E-state index contributed by atoms with van der Waals surface area (Å²) in [4.78, 5) is 4.64. The normalized spacial score (nSPS) is 11.2. The SMILES string of the molecule is C=C(C)c1nc2cc(NC(=C)c3ccc(/C=C/C)cc3C)ccc2s1. The van der Waals surface area contributed by atoms with Gasteiger partial charge in [-0.25, -0.2) is 4.98 Å². The number of benzene rings is 2. The number of aromatic nitrogens is 1. The van der Waals surface area contributed by atoms with Crippen LogP contribution in [0.25, 0.3) is 27.6 Å². The number of anilines is 1. The van der Waals surface area contributed by atoms with Crippen LogP contribution >= 0.6 is 11.3 Å². The highest BCUT2D eigenvalue weighted by molar-refractivity contribution is 7.19. The van der Waals surface area contributed by atoms with Crippen LogP contribution in [0.15, 0.2) is 55.6 Å². The van der Waals surface area contributed by atoms with Crippen molar-refractivity contribution in [1.29, 1.82) is 0 Å². The summed E-state index contributed by atoms with van der Waals surface area (Å²) < 4.78 is 1.17. The predicted octanol–water partition coefficient (Wildman–Crippen LogP) is 6.75. The molecule has 0 aliphatic rings. The fourth-order valence-corrected chi connectivity index (χ4v) is 3.62. The standard InChI is InChI=1S/C22H22N2S/c1-6-7-17-8-10-19(15(4)12-17)16(5)23-18-9-11-21-20(13-18)24-22(25-21)14(2)3/h6-13,23H,2,5H2,1,3-4H3/b7-6+. The zero-order valence-electron chi connectivity index (χ0n) is 14.9. The van der Waals surface area contributed by atoms with Gasteiger partial charge in [-0.15, -0.1) is 11.3 Å². The van der Waals surface area contributed by atoms with Gasteiger partial charge in [-0.1, -0.05) is 43.5 Å². The summed E-state index contributed by atoms with van der Waals surface area (Å²) in [5.41, 5.74) is 7.39. The van der Waals surface area contributed by atoms with Crippen LogP contribution in [-0.2, 0) is 0 Å². The Morgan fingerprint density at radius 2 is 1.96 bits per heavy atom. The third-order valence-corrected chi connectivity index (χ3v) is 5.18. The van der Waals surface area contributed by atoms with Gasteiger partial charge in [0.25, 0.3) is 0 Å². The van der Waals surface area contributed by atoms with Crippen molar-refractivity contribution in [3.05, 3.63) is 77.3 Å². The number of nitrogens with zero attached hydrogens (tertiary/aromatic N) is 1. The predicted molar refractivity (Wildman–Crippen MR) is 113 cm³/mol. The van der Waals surface area contributed by atoms with Gasteiger partial charge in [0.1, 0.15) is 5.01 Å². The van der Waals surface area contributed by atoms with E-state index in [0.29, 0.717) is 0 Å². The summed E-state index contributed by atoms with van der Waals surface area (Å²) >= 11 is 1.67. The highest BCUT2D eigenvalue weighted by Crippen LogP contribution is 2.29. The van der Waals surface area contributed by atoms with Crippen LogP contribution in [0, 0.1) is 6.92 Å². The van der Waals surface area contributed by atoms with E-state index < -0.39 is 0 Å². The largest absolute Gasteiger partial charge is 0.355 e. The van der Waals surface area contributed by atoms with Crippen molar-refractivity contribution in [1.82, 2.24) is 4.98 Å². The lowest BCUT2D eigenvalue weighted by Gasteiger charge is -2.13. The fourth-order valence-electron chi connectivity index (χ4n) is 2.75. The molecule has 0 fully saturated rings. The minimum Gasteiger partial charge on any atom is -0.355 e. The molecule has 2 nitrogen and oxygen atoms in total. The second kappa shape index (κ2) is 7.08. The summed E-state index contributed by atoms with van der Waals surface area (Å²) in [5, 5.41) is 4.40. The minimum atomic E-state index is 0.888. The summed E-state index contributed by atoms with van der Waals surface area (Å²) in [6, 6.07) is 12.6. The first kappa shape index (κ1) is 17.2. The lowest BCUT2D eigenvalue weighted by Crippen LogP contribution is -1.99. The molecule has 0 saturated carbocycles. The van der Waals surface area contributed by atoms with E-state index in [2.05, 4.69) is 72.9 Å². The van der Waals surface area contributed by atoms with Gasteiger partial charge in [0.15, 0.2) is 0 Å². The molecule has 0 radical (unpaired) electrons. The van der Waals surface area contributed by atoms with E-state index in [1.807, 2.05) is 19.9 Å². The van der Waals surface area contributed by atoms with E-state index in [9.17, 15) is 0 Å². The number of allylic oxidation sites excluding steroid dienone is 2. The first-order valence-corrected chi connectivity index (χ1v) is 9.05. The molecular formula is C22H22N2S. The zero-order chi connectivity index (χ0) is 18.0. The van der Waals surface area contributed by atoms with Crippen molar-refractivity contribution >= 4 is 44.6 Å². The summed E-state index contributed by atoms with van der Waals surface area (Å²) in [6.45, 7) is 14.3. The minimum absolute atomic E-state index is 0.888. The number of fused-ring (bicyclic) bond motifs is 1. The Morgan fingerprint density at radius 3 is 2.64 bits per heavy atom. The van der Waals surface area contributed by atoms with Crippen LogP contribution in [-0.4, -0.2) is 4.98 Å². The lowest BCUT2D eigenvalue weighted by molar-refractivity contribution is 1.39. The molecule has 0 aliphatic carbocycles. The summed E-state index contributed by atoms with van der Waals surface area (Å²) in [6.07, 6.45) is 4.14. The molecule has 0 saturated heterocycles. The molecule has 25 heavy (non-hydrogen) atoms. The van der Waals surface area contributed by atoms with Crippen LogP contribution in [0.1, 0.15) is 35.5 Å². The Balaban J connectivity index is 1.85. The van der Waals surface area contributed by atoms with Gasteiger partial charge in [0.05, 0.1) is 10.2 Å². The molecule has 0 aliphatic heterocycles. The molecule has 0 atom stereocenters. The van der Waals surface area contributed by atoms with Crippen LogP contribution in [0.2, 0.25) is 0 Å². The van der Waals surface area contributed by atoms with E-state index in [4.69, 9.17) is 0 Å². The second-order valence-electron chi connectivity index (χ2n) is 6.16. The van der Waals surface area contributed by atoms with Gasteiger partial charge in [0.2, 0.25) is 0 Å². The van der Waals surface area contributed by atoms with Gasteiger partial charge in [-0.3, -0.25) is 0 Å². The first-order valence-electron chi connectivity index (χ1n) is 8.24. The Morgan fingerprint density at radius 1 is 1.16 bits per heavy atom. The third kappa shape index (κ3) is 3.72. The number of aryl methyl sites for hydroxylation is 1. The molecule has 2 aromatic carbocycles. The van der Waals surface area contributed by atoms with Crippen molar-refractivity contribution in [3.63, 3.8) is 0 Å². The average Bonchev–Trinajstić information content (AvgIpc) is 2.98. The third-order valence-electron chi connectivity index (χ3n) is 3.98. The highest BCUT2D eigenvalue weighted by atomic mass is 32.1. The van der Waals surface area contributed by atoms with Crippen molar-refractivity contribution in [2.75, 3.05) is 5.32 Å². The Hall–Kier alpha value is -2.65. The molecule has 0 bridgehead atoms. The number of thiazole rings is 1. The highest BCUT2D eigenvalue weighted by Gasteiger charge is 2.08. The van der Waals surface area contributed by atoms with Gasteiger partial charge in [-0.05, 0) is 55.7 Å². The number of nitrogens with one attached hydrogen (secondary N) is 1. The maximum atomic E-state index is 4.64. The van der Waals surface area contributed by atoms with Crippen molar-refractivity contribution in [2.24, 2.45) is 0 Å². The quantitative estimate of drug-likeness (QED) is 0.552. The molecule has 1 aromatic heterocycles. The Bertz CT molecular complexity index is 992. The van der Waals surface area contributed by atoms with E-state index in [1.54, 1.807) is 11.3 Å².